The van der Waals surface area contributed by atoms with Crippen LogP contribution in [0.4, 0.5) is 5.69 Å². The van der Waals surface area contributed by atoms with Gasteiger partial charge >= 0.3 is 0 Å². The minimum absolute atomic E-state index is 0.0741. The number of hydrogen-bond donors (Lipinski definition) is 2. The van der Waals surface area contributed by atoms with Gasteiger partial charge in [0.2, 0.25) is 0 Å². The van der Waals surface area contributed by atoms with Gasteiger partial charge in [-0.3, -0.25) is 4.55 Å². The largest absolute Gasteiger partial charge is 0.399 e. The lowest BCUT2D eigenvalue weighted by Gasteiger charge is -1.92. The monoisotopic (exact) mass is 275 g/mol. The molecule has 0 aliphatic heterocycles. The van der Waals surface area contributed by atoms with Gasteiger partial charge in [0.1, 0.15) is 0 Å². The van der Waals surface area contributed by atoms with Crippen LogP contribution in [0.3, 0.4) is 0 Å². The minimum Gasteiger partial charge on any atom is -0.399 e. The van der Waals surface area contributed by atoms with E-state index in [4.69, 9.17) is 16.7 Å². The van der Waals surface area contributed by atoms with Crippen molar-refractivity contribution in [3.63, 3.8) is 0 Å². The molecule has 0 saturated heterocycles. The van der Waals surface area contributed by atoms with Crippen molar-refractivity contribution in [2.45, 2.75) is 4.90 Å². The normalized spacial score (nSPS) is 9.89. The number of hydrogen-bond acceptors (Lipinski definition) is 3. The first-order valence-electron chi connectivity index (χ1n) is 5.28. The Kier molecular flexibility index (Phi) is 5.12. The van der Waals surface area contributed by atoms with E-state index < -0.39 is 10.1 Å². The molecule has 0 atom stereocenters. The maximum atomic E-state index is 10.4. The molecule has 2 rings (SSSR count). The maximum absolute atomic E-state index is 10.4. The maximum Gasteiger partial charge on any atom is 0.294 e. The van der Waals surface area contributed by atoms with E-state index in [0.717, 1.165) is 11.3 Å². The summed E-state index contributed by atoms with van der Waals surface area (Å²) in [6.45, 7) is 0. The molecule has 19 heavy (non-hydrogen) atoms. The van der Waals surface area contributed by atoms with Gasteiger partial charge in [-0.25, -0.2) is 0 Å². The van der Waals surface area contributed by atoms with Crippen LogP contribution in [0.2, 0.25) is 0 Å². The highest BCUT2D eigenvalue weighted by molar-refractivity contribution is 7.85. The molecule has 4 nitrogen and oxygen atoms in total. The molecule has 0 aliphatic rings. The summed E-state index contributed by atoms with van der Waals surface area (Å²) in [6, 6.07) is 14.6. The van der Waals surface area contributed by atoms with E-state index in [-0.39, 0.29) is 4.90 Å². The van der Waals surface area contributed by atoms with Crippen molar-refractivity contribution in [3.05, 3.63) is 60.2 Å². The van der Waals surface area contributed by atoms with Crippen LogP contribution in [0, 0.1) is 12.3 Å². The predicted molar refractivity (Wildman–Crippen MR) is 75.0 cm³/mol. The molecule has 0 radical (unpaired) electrons. The second-order valence-corrected chi connectivity index (χ2v) is 4.98. The van der Waals surface area contributed by atoms with E-state index in [0.29, 0.717) is 0 Å². The van der Waals surface area contributed by atoms with Crippen molar-refractivity contribution >= 4 is 15.8 Å². The lowest BCUT2D eigenvalue weighted by atomic mass is 10.2. The molecule has 0 fully saturated rings. The Hall–Kier alpha value is -2.29. The molecule has 2 aromatic carbocycles. The van der Waals surface area contributed by atoms with Crippen molar-refractivity contribution in [2.24, 2.45) is 0 Å². The first-order chi connectivity index (χ1) is 8.93. The number of nitrogens with two attached hydrogens (primary N) is 1. The van der Waals surface area contributed by atoms with Crippen LogP contribution in [0.15, 0.2) is 59.5 Å². The number of rotatable bonds is 1. The first kappa shape index (κ1) is 14.8. The van der Waals surface area contributed by atoms with Crippen molar-refractivity contribution in [1.29, 1.82) is 0 Å². The molecule has 0 aromatic heterocycles. The molecule has 5 heteroatoms. The van der Waals surface area contributed by atoms with E-state index >= 15 is 0 Å². The highest BCUT2D eigenvalue weighted by Gasteiger charge is 2.05. The Labute approximate surface area is 112 Å². The van der Waals surface area contributed by atoms with Gasteiger partial charge in [0, 0.05) is 11.3 Å². The Balaban J connectivity index is 0.000000191. The fraction of sp³-hybridized carbons (Fsp3) is 0. The molecule has 98 valence electrons. The second-order valence-electron chi connectivity index (χ2n) is 3.55. The zero-order chi connectivity index (χ0) is 14.3. The number of anilines is 1. The summed E-state index contributed by atoms with van der Waals surface area (Å²) in [7, 11) is -4.00. The van der Waals surface area contributed by atoms with Crippen molar-refractivity contribution in [2.75, 3.05) is 5.73 Å². The molecular weight excluding hydrogens is 262 g/mol. The van der Waals surface area contributed by atoms with Crippen LogP contribution in [-0.2, 0) is 10.1 Å². The molecule has 0 amide bonds. The summed E-state index contributed by atoms with van der Waals surface area (Å²) < 4.78 is 29.2. The molecule has 0 unspecified atom stereocenters. The lowest BCUT2D eigenvalue weighted by Crippen LogP contribution is -1.96. The zero-order valence-corrected chi connectivity index (χ0v) is 10.8. The van der Waals surface area contributed by atoms with E-state index in [1.807, 2.05) is 12.1 Å². The fourth-order valence-electron chi connectivity index (χ4n) is 1.17. The summed E-state index contributed by atoms with van der Waals surface area (Å²) in [5.41, 5.74) is 7.02. The van der Waals surface area contributed by atoms with Crippen LogP contribution < -0.4 is 5.73 Å². The topological polar surface area (TPSA) is 80.4 Å². The van der Waals surface area contributed by atoms with Crippen molar-refractivity contribution < 1.29 is 13.0 Å². The SMILES string of the molecule is C#Cc1ccc(N)cc1.O=S(=O)(O)c1ccccc1. The summed E-state index contributed by atoms with van der Waals surface area (Å²) in [5.74, 6) is 2.50. The third-order valence-electron chi connectivity index (χ3n) is 2.12. The second kappa shape index (κ2) is 6.59. The molecule has 0 bridgehead atoms. The quantitative estimate of drug-likeness (QED) is 0.475. The lowest BCUT2D eigenvalue weighted by molar-refractivity contribution is 0.483. The van der Waals surface area contributed by atoms with Crippen LogP contribution in [-0.4, -0.2) is 13.0 Å². The van der Waals surface area contributed by atoms with Gasteiger partial charge in [-0.05, 0) is 36.4 Å². The number of nitrogen functional groups attached to an aromatic ring is 1. The molecule has 0 heterocycles. The van der Waals surface area contributed by atoms with Crippen LogP contribution in [0.25, 0.3) is 0 Å². The van der Waals surface area contributed by atoms with Crippen molar-refractivity contribution in [3.8, 4) is 12.3 Å². The van der Waals surface area contributed by atoms with Gasteiger partial charge in [-0.1, -0.05) is 24.1 Å². The molecule has 0 aliphatic carbocycles. The van der Waals surface area contributed by atoms with Gasteiger partial charge in [0.25, 0.3) is 10.1 Å². The van der Waals surface area contributed by atoms with Crippen LogP contribution >= 0.6 is 0 Å². The molecule has 2 aromatic rings. The van der Waals surface area contributed by atoms with Gasteiger partial charge in [-0.2, -0.15) is 8.42 Å². The Morgan fingerprint density at radius 2 is 1.53 bits per heavy atom. The summed E-state index contributed by atoms with van der Waals surface area (Å²) in [6.07, 6.45) is 5.11. The standard InChI is InChI=1S/C8H7N.C6H6O3S/c1-2-7-3-5-8(9)6-4-7;7-10(8,9)6-4-2-1-3-5-6/h1,3-6H,9H2;1-5H,(H,7,8,9). The van der Waals surface area contributed by atoms with E-state index in [2.05, 4.69) is 5.92 Å². The number of benzene rings is 2. The fourth-order valence-corrected chi connectivity index (χ4v) is 1.67. The Morgan fingerprint density at radius 1 is 1.00 bits per heavy atom. The zero-order valence-electron chi connectivity index (χ0n) is 10.0. The highest BCUT2D eigenvalue weighted by atomic mass is 32.2. The molecule has 3 N–H and O–H groups in total. The number of terminal acetylenes is 1. The third kappa shape index (κ3) is 5.25. The van der Waals surface area contributed by atoms with E-state index in [9.17, 15) is 8.42 Å². The van der Waals surface area contributed by atoms with Gasteiger partial charge in [0.05, 0.1) is 4.90 Å². The summed E-state index contributed by atoms with van der Waals surface area (Å²) in [4.78, 5) is -0.0741. The van der Waals surface area contributed by atoms with E-state index in [1.165, 1.54) is 12.1 Å². The average molecular weight is 275 g/mol. The Bertz CT molecular complexity index is 656. The average Bonchev–Trinajstić information content (AvgIpc) is 2.40. The minimum atomic E-state index is -4.00. The van der Waals surface area contributed by atoms with Crippen LogP contribution in [0.1, 0.15) is 5.56 Å². The highest BCUT2D eigenvalue weighted by Crippen LogP contribution is 2.05. The molecular formula is C14H13NO3S. The van der Waals surface area contributed by atoms with Gasteiger partial charge in [-0.15, -0.1) is 6.42 Å². The smallest absolute Gasteiger partial charge is 0.294 e. The molecule has 0 spiro atoms. The predicted octanol–water partition coefficient (Wildman–Crippen LogP) is 2.18. The summed E-state index contributed by atoms with van der Waals surface area (Å²) >= 11 is 0. The Morgan fingerprint density at radius 3 is 1.89 bits per heavy atom. The van der Waals surface area contributed by atoms with Gasteiger partial charge in [0.15, 0.2) is 0 Å². The van der Waals surface area contributed by atoms with Crippen LogP contribution in [0.5, 0.6) is 0 Å². The third-order valence-corrected chi connectivity index (χ3v) is 2.99. The van der Waals surface area contributed by atoms with Gasteiger partial charge < -0.3 is 5.73 Å². The van der Waals surface area contributed by atoms with E-state index in [1.54, 1.807) is 30.3 Å². The first-order valence-corrected chi connectivity index (χ1v) is 6.72. The van der Waals surface area contributed by atoms with Crippen molar-refractivity contribution in [1.82, 2.24) is 0 Å². The summed E-state index contributed by atoms with van der Waals surface area (Å²) in [5, 5.41) is 0. The molecule has 0 saturated carbocycles.